The van der Waals surface area contributed by atoms with E-state index in [0.29, 0.717) is 5.92 Å². The molecule has 0 amide bonds. The van der Waals surface area contributed by atoms with Gasteiger partial charge in [-0.25, -0.2) is 0 Å². The molecule has 0 radical (unpaired) electrons. The van der Waals surface area contributed by atoms with Crippen LogP contribution in [0.3, 0.4) is 0 Å². The molecule has 2 aliphatic carbocycles. The third-order valence-electron chi connectivity index (χ3n) is 7.46. The van der Waals surface area contributed by atoms with Gasteiger partial charge in [-0.3, -0.25) is 4.98 Å². The fourth-order valence-electron chi connectivity index (χ4n) is 5.53. The maximum absolute atomic E-state index is 9.57. The van der Waals surface area contributed by atoms with Crippen LogP contribution in [0.25, 0.3) is 10.9 Å². The molecule has 1 saturated carbocycles. The van der Waals surface area contributed by atoms with Crippen LogP contribution < -0.4 is 5.73 Å². The summed E-state index contributed by atoms with van der Waals surface area (Å²) in [6, 6.07) is 19.9. The summed E-state index contributed by atoms with van der Waals surface area (Å²) in [6.45, 7) is 0.0994. The highest BCUT2D eigenvalue weighted by atomic mass is 16.3. The summed E-state index contributed by atoms with van der Waals surface area (Å²) in [6.07, 6.45) is 8.83. The molecule has 2 aromatic carbocycles. The summed E-state index contributed by atoms with van der Waals surface area (Å²) >= 11 is 0. The van der Waals surface area contributed by atoms with E-state index >= 15 is 0 Å². The highest BCUT2D eigenvalue weighted by Gasteiger charge is 2.36. The predicted molar refractivity (Wildman–Crippen MR) is 123 cm³/mol. The van der Waals surface area contributed by atoms with E-state index in [1.807, 2.05) is 0 Å². The molecule has 3 nitrogen and oxygen atoms in total. The highest BCUT2D eigenvalue weighted by molar-refractivity contribution is 5.78. The zero-order valence-corrected chi connectivity index (χ0v) is 17.7. The molecule has 0 aliphatic heterocycles. The van der Waals surface area contributed by atoms with Crippen molar-refractivity contribution < 1.29 is 5.11 Å². The van der Waals surface area contributed by atoms with Gasteiger partial charge in [0.25, 0.3) is 0 Å². The van der Waals surface area contributed by atoms with Crippen molar-refractivity contribution in [2.24, 2.45) is 11.7 Å². The van der Waals surface area contributed by atoms with E-state index in [9.17, 15) is 5.11 Å². The molecule has 156 valence electrons. The number of fused-ring (bicyclic) bond motifs is 2. The van der Waals surface area contributed by atoms with Gasteiger partial charge >= 0.3 is 0 Å². The molecule has 3 atom stereocenters. The van der Waals surface area contributed by atoms with Crippen molar-refractivity contribution in [3.63, 3.8) is 0 Å². The summed E-state index contributed by atoms with van der Waals surface area (Å²) in [5, 5.41) is 10.8. The van der Waals surface area contributed by atoms with Crippen LogP contribution in [0.2, 0.25) is 0 Å². The molecule has 3 aromatic rings. The van der Waals surface area contributed by atoms with Gasteiger partial charge in [-0.1, -0.05) is 42.5 Å². The van der Waals surface area contributed by atoms with Crippen LogP contribution in [0.5, 0.6) is 0 Å². The van der Waals surface area contributed by atoms with Crippen molar-refractivity contribution >= 4 is 10.9 Å². The molecular weight excluding hydrogens is 368 g/mol. The van der Waals surface area contributed by atoms with E-state index in [1.54, 1.807) is 0 Å². The lowest BCUT2D eigenvalue weighted by atomic mass is 9.79. The van der Waals surface area contributed by atoms with Crippen molar-refractivity contribution in [2.75, 3.05) is 6.61 Å². The molecule has 1 fully saturated rings. The van der Waals surface area contributed by atoms with Crippen molar-refractivity contribution in [1.82, 2.24) is 4.98 Å². The monoisotopic (exact) mass is 400 g/mol. The summed E-state index contributed by atoms with van der Waals surface area (Å²) in [7, 11) is 0. The third kappa shape index (κ3) is 4.01. The first-order chi connectivity index (χ1) is 14.6. The van der Waals surface area contributed by atoms with Crippen molar-refractivity contribution in [3.8, 4) is 0 Å². The van der Waals surface area contributed by atoms with E-state index in [-0.39, 0.29) is 12.1 Å². The standard InChI is InChI=1S/C27H32N2O/c28-27(18-30)14-13-24(17-27)23-9-8-21-15-19(5-7-22(21)16-23)6-11-25-12-10-20-3-1-2-4-26(20)29-25/h1-4,8-10,12,16,19,24,30H,5-7,11,13-15,17-18,28H2/t19-,24+,27-/m1/s1. The molecule has 2 aliphatic rings. The van der Waals surface area contributed by atoms with Gasteiger partial charge in [0.05, 0.1) is 12.1 Å². The number of aryl methyl sites for hydroxylation is 2. The zero-order chi connectivity index (χ0) is 20.6. The van der Waals surface area contributed by atoms with Gasteiger partial charge in [0.1, 0.15) is 0 Å². The Morgan fingerprint density at radius 3 is 2.80 bits per heavy atom. The fourth-order valence-corrected chi connectivity index (χ4v) is 5.53. The van der Waals surface area contributed by atoms with Crippen LogP contribution in [0, 0.1) is 5.92 Å². The highest BCUT2D eigenvalue weighted by Crippen LogP contribution is 2.40. The summed E-state index contributed by atoms with van der Waals surface area (Å²) in [4.78, 5) is 4.85. The molecule has 0 unspecified atom stereocenters. The lowest BCUT2D eigenvalue weighted by Crippen LogP contribution is -2.40. The van der Waals surface area contributed by atoms with Gasteiger partial charge in [0.2, 0.25) is 0 Å². The van der Waals surface area contributed by atoms with Gasteiger partial charge in [-0.05, 0) is 92.0 Å². The second-order valence-electron chi connectivity index (χ2n) is 9.63. The van der Waals surface area contributed by atoms with Gasteiger partial charge in [0, 0.05) is 16.6 Å². The van der Waals surface area contributed by atoms with Gasteiger partial charge < -0.3 is 10.8 Å². The van der Waals surface area contributed by atoms with E-state index in [1.165, 1.54) is 53.5 Å². The van der Waals surface area contributed by atoms with Crippen molar-refractivity contribution in [2.45, 2.75) is 62.8 Å². The van der Waals surface area contributed by atoms with Crippen LogP contribution in [0.1, 0.15) is 60.4 Å². The molecule has 0 saturated heterocycles. The number of hydrogen-bond donors (Lipinski definition) is 2. The molecule has 3 heteroatoms. The summed E-state index contributed by atoms with van der Waals surface area (Å²) in [5.41, 5.74) is 12.7. The van der Waals surface area contributed by atoms with E-state index < -0.39 is 0 Å². The maximum Gasteiger partial charge on any atom is 0.0705 e. The largest absolute Gasteiger partial charge is 0.394 e. The number of nitrogens with zero attached hydrogens (tertiary/aromatic N) is 1. The molecule has 3 N–H and O–H groups in total. The number of aliphatic hydroxyl groups is 1. The topological polar surface area (TPSA) is 59.1 Å². The SMILES string of the molecule is N[C@]1(CO)CC[C@H](c2ccc3c(c2)CC[C@H](CCc2ccc4ccccc4n2)C3)C1. The Balaban J connectivity index is 1.22. The minimum Gasteiger partial charge on any atom is -0.394 e. The number of para-hydroxylation sites is 1. The van der Waals surface area contributed by atoms with Crippen LogP contribution in [0.15, 0.2) is 54.6 Å². The second kappa shape index (κ2) is 8.13. The number of aromatic nitrogens is 1. The Morgan fingerprint density at radius 1 is 1.03 bits per heavy atom. The predicted octanol–water partition coefficient (Wildman–Crippen LogP) is 4.93. The van der Waals surface area contributed by atoms with Crippen molar-refractivity contribution in [1.29, 1.82) is 0 Å². The third-order valence-corrected chi connectivity index (χ3v) is 7.46. The lowest BCUT2D eigenvalue weighted by Gasteiger charge is -2.26. The first-order valence-corrected chi connectivity index (χ1v) is 11.5. The molecular formula is C27H32N2O. The number of hydrogen-bond acceptors (Lipinski definition) is 3. The Morgan fingerprint density at radius 2 is 1.93 bits per heavy atom. The van der Waals surface area contributed by atoms with Gasteiger partial charge in [-0.2, -0.15) is 0 Å². The lowest BCUT2D eigenvalue weighted by molar-refractivity contribution is 0.198. The molecule has 0 bridgehead atoms. The quantitative estimate of drug-likeness (QED) is 0.638. The minimum absolute atomic E-state index is 0.0994. The molecule has 30 heavy (non-hydrogen) atoms. The fraction of sp³-hybridized carbons (Fsp3) is 0.444. The average Bonchev–Trinajstić information content (AvgIpc) is 3.20. The Bertz CT molecular complexity index is 1050. The zero-order valence-electron chi connectivity index (χ0n) is 17.7. The number of nitrogens with two attached hydrogens (primary N) is 1. The van der Waals surface area contributed by atoms with E-state index in [4.69, 9.17) is 10.7 Å². The van der Waals surface area contributed by atoms with Crippen molar-refractivity contribution in [3.05, 3.63) is 77.0 Å². The first-order valence-electron chi connectivity index (χ1n) is 11.5. The van der Waals surface area contributed by atoms with E-state index in [0.717, 1.165) is 37.1 Å². The summed E-state index contributed by atoms with van der Waals surface area (Å²) in [5.74, 6) is 1.25. The normalized spacial score (nSPS) is 26.1. The molecule has 0 spiro atoms. The number of rotatable bonds is 5. The minimum atomic E-state index is -0.373. The summed E-state index contributed by atoms with van der Waals surface area (Å²) < 4.78 is 0. The second-order valence-corrected chi connectivity index (χ2v) is 9.63. The smallest absolute Gasteiger partial charge is 0.0705 e. The molecule has 1 aromatic heterocycles. The Labute approximate surface area is 179 Å². The molecule has 5 rings (SSSR count). The van der Waals surface area contributed by atoms with Crippen LogP contribution in [-0.4, -0.2) is 22.2 Å². The van der Waals surface area contributed by atoms with Gasteiger partial charge in [-0.15, -0.1) is 0 Å². The van der Waals surface area contributed by atoms with Crippen LogP contribution in [-0.2, 0) is 19.3 Å². The molecule has 1 heterocycles. The Kier molecular flexibility index (Phi) is 5.34. The van der Waals surface area contributed by atoms with Crippen LogP contribution >= 0.6 is 0 Å². The first kappa shape index (κ1) is 19.7. The van der Waals surface area contributed by atoms with E-state index in [2.05, 4.69) is 54.6 Å². The maximum atomic E-state index is 9.57. The average molecular weight is 401 g/mol. The Hall–Kier alpha value is -2.23. The number of pyridine rings is 1. The van der Waals surface area contributed by atoms with Crippen LogP contribution in [0.4, 0.5) is 0 Å². The van der Waals surface area contributed by atoms with Gasteiger partial charge in [0.15, 0.2) is 0 Å². The number of benzene rings is 2. The number of aliphatic hydroxyl groups excluding tert-OH is 1.